The number of rotatable bonds is 8. The van der Waals surface area contributed by atoms with Gasteiger partial charge >= 0.3 is 0 Å². The van der Waals surface area contributed by atoms with Crippen LogP contribution < -0.4 is 5.73 Å². The second kappa shape index (κ2) is 7.28. The lowest BCUT2D eigenvalue weighted by Crippen LogP contribution is -2.45. The van der Waals surface area contributed by atoms with Gasteiger partial charge < -0.3 is 5.73 Å². The maximum Gasteiger partial charge on any atom is 0.0180 e. The van der Waals surface area contributed by atoms with Gasteiger partial charge in [0.15, 0.2) is 0 Å². The minimum absolute atomic E-state index is 0.110. The molecule has 0 bridgehead atoms. The van der Waals surface area contributed by atoms with Gasteiger partial charge in [-0.2, -0.15) is 0 Å². The molecule has 0 radical (unpaired) electrons. The second-order valence-corrected chi connectivity index (χ2v) is 4.78. The van der Waals surface area contributed by atoms with Gasteiger partial charge in [-0.15, -0.1) is 0 Å². The van der Waals surface area contributed by atoms with E-state index in [-0.39, 0.29) is 5.54 Å². The molecule has 0 amide bonds. The molecule has 0 aliphatic rings. The van der Waals surface area contributed by atoms with Crippen molar-refractivity contribution >= 4 is 0 Å². The Bertz CT molecular complexity index is 125. The van der Waals surface area contributed by atoms with Crippen LogP contribution in [0.1, 0.15) is 72.6 Å². The van der Waals surface area contributed by atoms with E-state index in [1.165, 1.54) is 44.9 Å². The van der Waals surface area contributed by atoms with Crippen LogP contribution in [0, 0.1) is 5.92 Å². The molecule has 0 fully saturated rings. The molecule has 0 aliphatic carbocycles. The van der Waals surface area contributed by atoms with Crippen LogP contribution in [0.3, 0.4) is 0 Å². The van der Waals surface area contributed by atoms with E-state index in [4.69, 9.17) is 5.73 Å². The summed E-state index contributed by atoms with van der Waals surface area (Å²) in [5.41, 5.74) is 6.61. The third kappa shape index (κ3) is 4.45. The molecule has 2 N–H and O–H groups in total. The Hall–Kier alpha value is -0.0400. The Morgan fingerprint density at radius 3 is 1.86 bits per heavy atom. The molecule has 0 heterocycles. The van der Waals surface area contributed by atoms with Crippen molar-refractivity contribution in [3.63, 3.8) is 0 Å². The molecular weight excluding hydrogens is 170 g/mol. The van der Waals surface area contributed by atoms with E-state index in [1.54, 1.807) is 0 Å². The molecule has 0 aromatic heterocycles. The van der Waals surface area contributed by atoms with Crippen molar-refractivity contribution in [2.24, 2.45) is 11.7 Å². The lowest BCUT2D eigenvalue weighted by Gasteiger charge is -2.35. The van der Waals surface area contributed by atoms with Crippen LogP contribution in [-0.4, -0.2) is 5.54 Å². The maximum absolute atomic E-state index is 6.50. The molecule has 1 atom stereocenters. The van der Waals surface area contributed by atoms with E-state index in [0.717, 1.165) is 0 Å². The molecule has 86 valence electrons. The van der Waals surface area contributed by atoms with Crippen molar-refractivity contribution in [3.05, 3.63) is 0 Å². The summed E-state index contributed by atoms with van der Waals surface area (Å²) < 4.78 is 0. The van der Waals surface area contributed by atoms with Crippen molar-refractivity contribution in [3.8, 4) is 0 Å². The Balaban J connectivity index is 4.15. The first kappa shape index (κ1) is 14.0. The average Bonchev–Trinajstić information content (AvgIpc) is 2.15. The summed E-state index contributed by atoms with van der Waals surface area (Å²) >= 11 is 0. The van der Waals surface area contributed by atoms with Gasteiger partial charge in [0.25, 0.3) is 0 Å². The quantitative estimate of drug-likeness (QED) is 0.625. The van der Waals surface area contributed by atoms with Gasteiger partial charge in [-0.25, -0.2) is 0 Å². The molecule has 1 heteroatoms. The molecule has 0 spiro atoms. The summed E-state index contributed by atoms with van der Waals surface area (Å²) in [5, 5.41) is 0. The van der Waals surface area contributed by atoms with Crippen molar-refractivity contribution in [1.82, 2.24) is 0 Å². The summed E-state index contributed by atoms with van der Waals surface area (Å²) in [6.07, 6.45) is 8.72. The highest BCUT2D eigenvalue weighted by Gasteiger charge is 2.29. The zero-order valence-electron chi connectivity index (χ0n) is 10.6. The first-order valence-corrected chi connectivity index (χ1v) is 6.39. The monoisotopic (exact) mass is 199 g/mol. The number of nitrogens with two attached hydrogens (primary N) is 1. The molecular formula is C13H29N. The third-order valence-electron chi connectivity index (χ3n) is 3.40. The van der Waals surface area contributed by atoms with Crippen LogP contribution in [0.4, 0.5) is 0 Å². The lowest BCUT2D eigenvalue weighted by molar-refractivity contribution is 0.231. The van der Waals surface area contributed by atoms with Crippen LogP contribution in [0.15, 0.2) is 0 Å². The largest absolute Gasteiger partial charge is 0.325 e. The Morgan fingerprint density at radius 1 is 1.00 bits per heavy atom. The van der Waals surface area contributed by atoms with E-state index in [1.807, 2.05) is 0 Å². The summed E-state index contributed by atoms with van der Waals surface area (Å²) in [4.78, 5) is 0. The molecule has 0 rings (SSSR count). The summed E-state index contributed by atoms with van der Waals surface area (Å²) in [6.45, 7) is 9.07. The van der Waals surface area contributed by atoms with Crippen molar-refractivity contribution in [1.29, 1.82) is 0 Å². The van der Waals surface area contributed by atoms with Crippen molar-refractivity contribution in [2.45, 2.75) is 78.2 Å². The average molecular weight is 199 g/mol. The van der Waals surface area contributed by atoms with Gasteiger partial charge in [-0.1, -0.05) is 53.4 Å². The number of hydrogen-bond donors (Lipinski definition) is 1. The van der Waals surface area contributed by atoms with Gasteiger partial charge in [-0.3, -0.25) is 0 Å². The second-order valence-electron chi connectivity index (χ2n) is 4.78. The summed E-state index contributed by atoms with van der Waals surface area (Å²) in [7, 11) is 0. The molecule has 0 saturated carbocycles. The van der Waals surface area contributed by atoms with E-state index < -0.39 is 0 Å². The van der Waals surface area contributed by atoms with Gasteiger partial charge in [0, 0.05) is 5.54 Å². The fourth-order valence-corrected chi connectivity index (χ4v) is 2.35. The Labute approximate surface area is 90.5 Å². The molecule has 1 nitrogen and oxygen atoms in total. The number of unbranched alkanes of at least 4 members (excludes halogenated alkanes) is 1. The lowest BCUT2D eigenvalue weighted by atomic mass is 9.76. The molecule has 0 aromatic rings. The Morgan fingerprint density at radius 2 is 1.50 bits per heavy atom. The first-order chi connectivity index (χ1) is 6.60. The van der Waals surface area contributed by atoms with Gasteiger partial charge in [0.05, 0.1) is 0 Å². The van der Waals surface area contributed by atoms with E-state index in [9.17, 15) is 0 Å². The molecule has 0 aromatic carbocycles. The van der Waals surface area contributed by atoms with Crippen molar-refractivity contribution in [2.75, 3.05) is 0 Å². The van der Waals surface area contributed by atoms with Crippen LogP contribution in [-0.2, 0) is 0 Å². The highest BCUT2D eigenvalue weighted by Crippen LogP contribution is 2.29. The van der Waals surface area contributed by atoms with E-state index >= 15 is 0 Å². The zero-order valence-corrected chi connectivity index (χ0v) is 10.6. The molecule has 0 aliphatic heterocycles. The molecule has 1 unspecified atom stereocenters. The normalized spacial score (nSPS) is 14.4. The fraction of sp³-hybridized carbons (Fsp3) is 1.00. The van der Waals surface area contributed by atoms with Gasteiger partial charge in [-0.05, 0) is 25.2 Å². The zero-order chi connectivity index (χ0) is 11.0. The molecule has 14 heavy (non-hydrogen) atoms. The van der Waals surface area contributed by atoms with Crippen LogP contribution >= 0.6 is 0 Å². The van der Waals surface area contributed by atoms with Crippen molar-refractivity contribution < 1.29 is 0 Å². The predicted octanol–water partition coefficient (Wildman–Crippen LogP) is 4.11. The van der Waals surface area contributed by atoms with Gasteiger partial charge in [0.1, 0.15) is 0 Å². The summed E-state index contributed by atoms with van der Waals surface area (Å²) in [5.74, 6) is 0.683. The topological polar surface area (TPSA) is 26.0 Å². The maximum atomic E-state index is 6.50. The third-order valence-corrected chi connectivity index (χ3v) is 3.40. The highest BCUT2D eigenvalue weighted by molar-refractivity contribution is 4.88. The minimum atomic E-state index is 0.110. The SMILES string of the molecule is CCCCC(C)C(N)(CCC)CCC. The smallest absolute Gasteiger partial charge is 0.0180 e. The van der Waals surface area contributed by atoms with Crippen LogP contribution in [0.25, 0.3) is 0 Å². The minimum Gasteiger partial charge on any atom is -0.325 e. The number of hydrogen-bond acceptors (Lipinski definition) is 1. The van der Waals surface area contributed by atoms with E-state index in [0.29, 0.717) is 5.92 Å². The van der Waals surface area contributed by atoms with Gasteiger partial charge in [0.2, 0.25) is 0 Å². The van der Waals surface area contributed by atoms with E-state index in [2.05, 4.69) is 27.7 Å². The molecule has 0 saturated heterocycles. The van der Waals surface area contributed by atoms with Crippen LogP contribution in [0.5, 0.6) is 0 Å². The predicted molar refractivity (Wildman–Crippen MR) is 65.4 cm³/mol. The Kier molecular flexibility index (Phi) is 7.26. The van der Waals surface area contributed by atoms with Crippen LogP contribution in [0.2, 0.25) is 0 Å². The summed E-state index contributed by atoms with van der Waals surface area (Å²) in [6, 6.07) is 0. The standard InChI is InChI=1S/C13H29N/c1-5-8-9-12(4)13(14,10-6-2)11-7-3/h12H,5-11,14H2,1-4H3. The fourth-order valence-electron chi connectivity index (χ4n) is 2.35. The first-order valence-electron chi connectivity index (χ1n) is 6.39. The highest BCUT2D eigenvalue weighted by atomic mass is 14.7.